The lowest BCUT2D eigenvalue weighted by molar-refractivity contribution is -0.189. The highest BCUT2D eigenvalue weighted by atomic mass is 16.5. The van der Waals surface area contributed by atoms with E-state index in [-0.39, 0.29) is 23.6 Å². The molecule has 0 aliphatic carbocycles. The number of rotatable bonds is 5. The number of phenols is 2. The van der Waals surface area contributed by atoms with E-state index in [0.717, 1.165) is 0 Å². The van der Waals surface area contributed by atoms with Crippen LogP contribution in [0.2, 0.25) is 0 Å². The number of amides is 1. The van der Waals surface area contributed by atoms with E-state index in [4.69, 9.17) is 0 Å². The second-order valence-corrected chi connectivity index (χ2v) is 4.87. The van der Waals surface area contributed by atoms with E-state index in [2.05, 4.69) is 5.32 Å². The van der Waals surface area contributed by atoms with Gasteiger partial charge in [-0.15, -0.1) is 0 Å². The van der Waals surface area contributed by atoms with Gasteiger partial charge in [-0.1, -0.05) is 36.4 Å². The monoisotopic (exact) mass is 303 g/mol. The maximum Gasteiger partial charge on any atom is 0.285 e. The molecule has 0 saturated heterocycles. The molecular weight excluding hydrogens is 286 g/mol. The van der Waals surface area contributed by atoms with Gasteiger partial charge < -0.3 is 25.7 Å². The van der Waals surface area contributed by atoms with Crippen LogP contribution in [-0.2, 0) is 17.0 Å². The van der Waals surface area contributed by atoms with Crippen LogP contribution in [0.3, 0.4) is 0 Å². The molecule has 0 aromatic heterocycles. The van der Waals surface area contributed by atoms with Crippen LogP contribution in [-0.4, -0.2) is 32.9 Å². The highest BCUT2D eigenvalue weighted by Crippen LogP contribution is 2.25. The van der Waals surface area contributed by atoms with Gasteiger partial charge in [-0.25, -0.2) is 0 Å². The van der Waals surface area contributed by atoms with Gasteiger partial charge in [-0.2, -0.15) is 0 Å². The molecule has 0 atom stereocenters. The maximum atomic E-state index is 11.9. The summed E-state index contributed by atoms with van der Waals surface area (Å²) in [5.41, 5.74) is 0.770. The predicted molar refractivity (Wildman–Crippen MR) is 79.0 cm³/mol. The summed E-state index contributed by atoms with van der Waals surface area (Å²) in [6.45, 7) is 0.152. The zero-order valence-electron chi connectivity index (χ0n) is 11.7. The topological polar surface area (TPSA) is 110 Å². The molecule has 0 saturated carbocycles. The summed E-state index contributed by atoms with van der Waals surface area (Å²) in [5.74, 6) is -3.99. The summed E-state index contributed by atoms with van der Waals surface area (Å²) in [5, 5.41) is 40.8. The number of aromatic hydroxyl groups is 2. The summed E-state index contributed by atoms with van der Waals surface area (Å²) in [6, 6.07) is 12.1. The second-order valence-electron chi connectivity index (χ2n) is 4.87. The van der Waals surface area contributed by atoms with Crippen molar-refractivity contribution in [2.24, 2.45) is 0 Å². The van der Waals surface area contributed by atoms with Crippen molar-refractivity contribution in [3.05, 3.63) is 59.7 Å². The lowest BCUT2D eigenvalue weighted by Gasteiger charge is -2.21. The van der Waals surface area contributed by atoms with E-state index in [0.29, 0.717) is 12.0 Å². The van der Waals surface area contributed by atoms with Crippen LogP contribution in [0.4, 0.5) is 0 Å². The molecule has 2 aromatic rings. The Morgan fingerprint density at radius 1 is 1.00 bits per heavy atom. The van der Waals surface area contributed by atoms with Crippen LogP contribution in [0.5, 0.6) is 11.5 Å². The summed E-state index contributed by atoms with van der Waals surface area (Å²) < 4.78 is 0. The van der Waals surface area contributed by atoms with Gasteiger partial charge in [-0.05, 0) is 24.1 Å². The van der Waals surface area contributed by atoms with E-state index in [1.165, 1.54) is 24.3 Å². The normalized spacial score (nSPS) is 11.2. The summed E-state index contributed by atoms with van der Waals surface area (Å²) in [7, 11) is 0. The van der Waals surface area contributed by atoms with Crippen LogP contribution >= 0.6 is 0 Å². The van der Waals surface area contributed by atoms with Crippen molar-refractivity contribution in [3.8, 4) is 11.5 Å². The first-order valence-electron chi connectivity index (χ1n) is 6.70. The lowest BCUT2D eigenvalue weighted by Crippen LogP contribution is -2.45. The first kappa shape index (κ1) is 15.8. The molecule has 2 rings (SSSR count). The van der Waals surface area contributed by atoms with Crippen molar-refractivity contribution in [2.45, 2.75) is 12.2 Å². The Bertz CT molecular complexity index is 655. The summed E-state index contributed by atoms with van der Waals surface area (Å²) in [6.07, 6.45) is 0.366. The fraction of sp³-hybridized carbons (Fsp3) is 0.188. The zero-order chi connectivity index (χ0) is 16.2. The third-order valence-electron chi connectivity index (χ3n) is 3.23. The molecule has 0 fully saturated rings. The van der Waals surface area contributed by atoms with Gasteiger partial charge in [0.2, 0.25) is 0 Å². The van der Waals surface area contributed by atoms with Gasteiger partial charge in [0.05, 0.1) is 0 Å². The molecule has 5 N–H and O–H groups in total. The third kappa shape index (κ3) is 3.55. The largest absolute Gasteiger partial charge is 0.504 e. The Balaban J connectivity index is 1.93. The molecule has 116 valence electrons. The number of phenolic OH excluding ortho intramolecular Hbond substituents is 2. The number of carbonyl (C=O) groups excluding carboxylic acids is 1. The van der Waals surface area contributed by atoms with Crippen LogP contribution < -0.4 is 5.32 Å². The van der Waals surface area contributed by atoms with Crippen molar-refractivity contribution >= 4 is 5.91 Å². The number of hydrogen-bond acceptors (Lipinski definition) is 5. The average Bonchev–Trinajstić information content (AvgIpc) is 2.51. The molecule has 0 radical (unpaired) electrons. The van der Waals surface area contributed by atoms with Crippen molar-refractivity contribution in [3.63, 3.8) is 0 Å². The summed E-state index contributed by atoms with van der Waals surface area (Å²) in [4.78, 5) is 11.9. The third-order valence-corrected chi connectivity index (χ3v) is 3.23. The molecule has 0 aliphatic rings. The van der Waals surface area contributed by atoms with Crippen molar-refractivity contribution in [2.75, 3.05) is 6.54 Å². The second kappa shape index (κ2) is 6.46. The molecular formula is C16H17NO5. The molecule has 1 amide bonds. The van der Waals surface area contributed by atoms with Crippen molar-refractivity contribution < 1.29 is 25.2 Å². The number of carbonyl (C=O) groups is 1. The lowest BCUT2D eigenvalue weighted by atomic mass is 10.1. The fourth-order valence-electron chi connectivity index (χ4n) is 1.97. The van der Waals surface area contributed by atoms with Crippen LogP contribution in [0.1, 0.15) is 11.1 Å². The van der Waals surface area contributed by atoms with E-state index in [1.807, 2.05) is 0 Å². The van der Waals surface area contributed by atoms with Gasteiger partial charge in [0, 0.05) is 12.1 Å². The standard InChI is InChI=1S/C16H17NO5/c18-13-7-6-11(10-14(13)19)8-9-17-15(20)16(21,22)12-4-2-1-3-5-12/h1-7,10,18-19,21-22H,8-9H2,(H,17,20). The smallest absolute Gasteiger partial charge is 0.285 e. The number of nitrogens with one attached hydrogen (secondary N) is 1. The van der Waals surface area contributed by atoms with Crippen molar-refractivity contribution in [1.82, 2.24) is 5.32 Å². The minimum absolute atomic E-state index is 0.0785. The molecule has 2 aromatic carbocycles. The minimum Gasteiger partial charge on any atom is -0.504 e. The Morgan fingerprint density at radius 3 is 2.32 bits per heavy atom. The molecule has 0 bridgehead atoms. The zero-order valence-corrected chi connectivity index (χ0v) is 11.7. The Labute approximate surface area is 127 Å². The first-order valence-corrected chi connectivity index (χ1v) is 6.70. The van der Waals surface area contributed by atoms with Crippen LogP contribution in [0.25, 0.3) is 0 Å². The quantitative estimate of drug-likeness (QED) is 0.410. The van der Waals surface area contributed by atoms with Crippen molar-refractivity contribution in [1.29, 1.82) is 0 Å². The molecule has 0 unspecified atom stereocenters. The maximum absolute atomic E-state index is 11.9. The van der Waals surface area contributed by atoms with Gasteiger partial charge in [-0.3, -0.25) is 4.79 Å². The number of benzene rings is 2. The Hall–Kier alpha value is -2.57. The van der Waals surface area contributed by atoms with E-state index < -0.39 is 11.7 Å². The number of aliphatic hydroxyl groups is 2. The molecule has 0 heterocycles. The van der Waals surface area contributed by atoms with E-state index in [1.54, 1.807) is 24.3 Å². The SMILES string of the molecule is O=C(NCCc1ccc(O)c(O)c1)C(O)(O)c1ccccc1. The Morgan fingerprint density at radius 2 is 1.68 bits per heavy atom. The summed E-state index contributed by atoms with van der Waals surface area (Å²) >= 11 is 0. The number of hydrogen-bond donors (Lipinski definition) is 5. The van der Waals surface area contributed by atoms with E-state index in [9.17, 15) is 25.2 Å². The molecule has 22 heavy (non-hydrogen) atoms. The molecule has 0 spiro atoms. The molecule has 6 heteroatoms. The molecule has 6 nitrogen and oxygen atoms in total. The van der Waals surface area contributed by atoms with Gasteiger partial charge in [0.15, 0.2) is 11.5 Å². The highest BCUT2D eigenvalue weighted by Gasteiger charge is 2.34. The van der Waals surface area contributed by atoms with Gasteiger partial charge in [0.1, 0.15) is 0 Å². The van der Waals surface area contributed by atoms with Crippen LogP contribution in [0.15, 0.2) is 48.5 Å². The highest BCUT2D eigenvalue weighted by molar-refractivity contribution is 5.84. The first-order chi connectivity index (χ1) is 10.4. The van der Waals surface area contributed by atoms with Gasteiger partial charge in [0.25, 0.3) is 11.7 Å². The fourth-order valence-corrected chi connectivity index (χ4v) is 1.97. The van der Waals surface area contributed by atoms with E-state index >= 15 is 0 Å². The Kier molecular flexibility index (Phi) is 4.65. The average molecular weight is 303 g/mol. The predicted octanol–water partition coefficient (Wildman–Crippen LogP) is 0.594. The van der Waals surface area contributed by atoms with Gasteiger partial charge >= 0.3 is 0 Å². The van der Waals surface area contributed by atoms with Crippen LogP contribution in [0, 0.1) is 0 Å². The molecule has 0 aliphatic heterocycles. The minimum atomic E-state index is -2.60.